The Kier molecular flexibility index (Phi) is 6.18. The maximum atomic E-state index is 13.9. The summed E-state index contributed by atoms with van der Waals surface area (Å²) in [7, 11) is 0. The summed E-state index contributed by atoms with van der Waals surface area (Å²) in [5, 5.41) is 1.92. The Morgan fingerprint density at radius 3 is 2.49 bits per heavy atom. The minimum Gasteiger partial charge on any atom is -0.489 e. The van der Waals surface area contributed by atoms with E-state index in [0.29, 0.717) is 17.3 Å². The zero-order chi connectivity index (χ0) is 27.8. The quantitative estimate of drug-likeness (QED) is 0.184. The molecule has 206 valence electrons. The predicted molar refractivity (Wildman–Crippen MR) is 164 cm³/mol. The van der Waals surface area contributed by atoms with Gasteiger partial charge in [-0.15, -0.1) is 23.1 Å². The molecule has 1 N–H and O–H groups in total. The molecule has 9 heteroatoms. The molecule has 1 saturated heterocycles. The van der Waals surface area contributed by atoms with E-state index in [2.05, 4.69) is 35.3 Å². The first-order valence-corrected chi connectivity index (χ1v) is 16.3. The lowest BCUT2D eigenvalue weighted by molar-refractivity contribution is -0.123. The number of fused-ring (bicyclic) bond motifs is 9. The number of rotatable bonds is 5. The Hall–Kier alpha value is -2.91. The molecular formula is C32H25ClN2O3S3. The molecule has 2 amide bonds. The second-order valence-electron chi connectivity index (χ2n) is 11.3. The van der Waals surface area contributed by atoms with Gasteiger partial charge in [-0.25, -0.2) is 0 Å². The first-order valence-electron chi connectivity index (χ1n) is 13.8. The van der Waals surface area contributed by atoms with Crippen molar-refractivity contribution in [3.63, 3.8) is 0 Å². The molecule has 2 aliphatic carbocycles. The number of hydrogen-bond acceptors (Lipinski definition) is 6. The normalized spacial score (nSPS) is 29.4. The molecule has 4 aliphatic rings. The van der Waals surface area contributed by atoms with Crippen molar-refractivity contribution in [2.45, 2.75) is 29.2 Å². The van der Waals surface area contributed by atoms with E-state index in [1.54, 1.807) is 35.6 Å². The molecule has 3 fully saturated rings. The standard InChI is InChI=1S/C32H25ClN2O3S3/c33-18-9-11-19(12-10-18)35-30(36)25-21-14-22(26(25)31(35)37)27-24(21)23(28-29(40-27)34-32(39)41-28)17-7-4-8-20(13-17)38-15-16-5-2-1-3-6-16/h1-13,21-27H,14-15H2,(H,34,39). The van der Waals surface area contributed by atoms with E-state index in [0.717, 1.165) is 26.7 Å². The van der Waals surface area contributed by atoms with Crippen LogP contribution in [0.4, 0.5) is 5.69 Å². The van der Waals surface area contributed by atoms with Crippen LogP contribution in [0, 0.1) is 33.5 Å². The smallest absolute Gasteiger partial charge is 0.238 e. The fourth-order valence-electron chi connectivity index (χ4n) is 7.77. The van der Waals surface area contributed by atoms with E-state index >= 15 is 0 Å². The summed E-state index contributed by atoms with van der Waals surface area (Å²) in [5.41, 5.74) is 2.90. The summed E-state index contributed by atoms with van der Waals surface area (Å²) >= 11 is 15.2. The van der Waals surface area contributed by atoms with Crippen LogP contribution in [-0.4, -0.2) is 22.0 Å². The van der Waals surface area contributed by atoms with Crippen LogP contribution in [0.2, 0.25) is 5.02 Å². The number of hydrogen-bond donors (Lipinski definition) is 1. The van der Waals surface area contributed by atoms with Gasteiger partial charge in [0.2, 0.25) is 11.8 Å². The SMILES string of the molecule is O=C1C2C3CC(C2C(=O)N1c1ccc(Cl)cc1)C1C(c2cccc(OCc4ccccc4)c2)c2sc(=S)[nH]c2SC31. The number of H-pyrrole nitrogens is 1. The van der Waals surface area contributed by atoms with Crippen LogP contribution in [0.3, 0.4) is 0 Å². The van der Waals surface area contributed by atoms with E-state index in [9.17, 15) is 9.59 Å². The number of halogens is 1. The number of nitrogens with zero attached hydrogens (tertiary/aromatic N) is 1. The van der Waals surface area contributed by atoms with Gasteiger partial charge in [-0.3, -0.25) is 14.5 Å². The molecule has 4 aromatic rings. The Morgan fingerprint density at radius 1 is 0.951 bits per heavy atom. The molecular weight excluding hydrogens is 592 g/mol. The van der Waals surface area contributed by atoms with Gasteiger partial charge in [0, 0.05) is 21.1 Å². The molecule has 7 atom stereocenters. The number of thioether (sulfide) groups is 1. The first-order chi connectivity index (χ1) is 20.0. The second-order valence-corrected chi connectivity index (χ2v) is 14.6. The van der Waals surface area contributed by atoms with E-state index in [-0.39, 0.29) is 52.6 Å². The summed E-state index contributed by atoms with van der Waals surface area (Å²) < 4.78 is 6.98. The molecule has 2 aliphatic heterocycles. The van der Waals surface area contributed by atoms with E-state index in [1.807, 2.05) is 36.0 Å². The number of nitrogens with one attached hydrogen (secondary N) is 1. The number of carbonyl (C=O) groups is 2. The number of benzene rings is 3. The van der Waals surface area contributed by atoms with Gasteiger partial charge in [0.15, 0.2) is 3.95 Å². The summed E-state index contributed by atoms with van der Waals surface area (Å²) in [6, 6.07) is 25.5. The molecule has 2 saturated carbocycles. The molecule has 1 aromatic heterocycles. The summed E-state index contributed by atoms with van der Waals surface area (Å²) in [5.74, 6) is 0.700. The third-order valence-electron chi connectivity index (χ3n) is 9.27. The number of thiazole rings is 1. The van der Waals surface area contributed by atoms with Crippen molar-refractivity contribution in [3.8, 4) is 5.75 Å². The number of carbonyl (C=O) groups excluding carboxylic acids is 2. The van der Waals surface area contributed by atoms with Crippen LogP contribution in [-0.2, 0) is 16.2 Å². The van der Waals surface area contributed by atoms with Crippen LogP contribution in [0.25, 0.3) is 0 Å². The molecule has 41 heavy (non-hydrogen) atoms. The van der Waals surface area contributed by atoms with Crippen LogP contribution in [0.15, 0.2) is 83.9 Å². The fourth-order valence-corrected chi connectivity index (χ4v) is 11.2. The van der Waals surface area contributed by atoms with E-state index < -0.39 is 0 Å². The highest BCUT2D eigenvalue weighted by atomic mass is 35.5. The van der Waals surface area contributed by atoms with Gasteiger partial charge in [0.05, 0.1) is 22.5 Å². The number of imide groups is 1. The topological polar surface area (TPSA) is 62.4 Å². The molecule has 5 nitrogen and oxygen atoms in total. The highest BCUT2D eigenvalue weighted by Gasteiger charge is 2.69. The van der Waals surface area contributed by atoms with Gasteiger partial charge in [-0.1, -0.05) is 54.1 Å². The Morgan fingerprint density at radius 2 is 1.71 bits per heavy atom. The average Bonchev–Trinajstić information content (AvgIpc) is 3.72. The van der Waals surface area contributed by atoms with Crippen molar-refractivity contribution in [2.75, 3.05) is 4.90 Å². The number of anilines is 1. The maximum absolute atomic E-state index is 13.9. The zero-order valence-electron chi connectivity index (χ0n) is 21.7. The lowest BCUT2D eigenvalue weighted by Crippen LogP contribution is -2.42. The van der Waals surface area contributed by atoms with Crippen LogP contribution in [0.1, 0.15) is 28.3 Å². The largest absolute Gasteiger partial charge is 0.489 e. The predicted octanol–water partition coefficient (Wildman–Crippen LogP) is 7.72. The van der Waals surface area contributed by atoms with Crippen molar-refractivity contribution in [3.05, 3.63) is 104 Å². The van der Waals surface area contributed by atoms with E-state index in [1.165, 1.54) is 15.3 Å². The zero-order valence-corrected chi connectivity index (χ0v) is 24.9. The highest BCUT2D eigenvalue weighted by molar-refractivity contribution is 8.00. The Bertz CT molecular complexity index is 1740. The molecule has 0 spiro atoms. The van der Waals surface area contributed by atoms with Gasteiger partial charge < -0.3 is 9.72 Å². The highest BCUT2D eigenvalue weighted by Crippen LogP contribution is 2.69. The second kappa shape index (κ2) is 9.83. The van der Waals surface area contributed by atoms with Crippen LogP contribution < -0.4 is 9.64 Å². The number of aromatic nitrogens is 1. The Balaban J connectivity index is 1.16. The molecule has 8 rings (SSSR count). The third kappa shape index (κ3) is 4.06. The molecule has 3 aromatic carbocycles. The lowest BCUT2D eigenvalue weighted by Gasteiger charge is -2.43. The van der Waals surface area contributed by atoms with Crippen molar-refractivity contribution >= 4 is 64.4 Å². The molecule has 3 heterocycles. The van der Waals surface area contributed by atoms with Crippen LogP contribution in [0.5, 0.6) is 5.75 Å². The number of amides is 2. The average molecular weight is 617 g/mol. The first kappa shape index (κ1) is 25.8. The van der Waals surface area contributed by atoms with Crippen molar-refractivity contribution in [2.24, 2.45) is 29.6 Å². The Labute approximate surface area is 255 Å². The fraction of sp³-hybridized carbons (Fsp3) is 0.281. The third-order valence-corrected chi connectivity index (χ3v) is 12.5. The van der Waals surface area contributed by atoms with Crippen molar-refractivity contribution in [1.82, 2.24) is 4.98 Å². The van der Waals surface area contributed by atoms with Gasteiger partial charge in [-0.2, -0.15) is 0 Å². The molecule has 0 radical (unpaired) electrons. The number of ether oxygens (including phenoxy) is 1. The minimum atomic E-state index is -0.293. The van der Waals surface area contributed by atoms with Gasteiger partial charge >= 0.3 is 0 Å². The van der Waals surface area contributed by atoms with E-state index in [4.69, 9.17) is 28.6 Å². The van der Waals surface area contributed by atoms with Gasteiger partial charge in [0.25, 0.3) is 0 Å². The van der Waals surface area contributed by atoms with Crippen LogP contribution >= 0.6 is 46.9 Å². The van der Waals surface area contributed by atoms with Gasteiger partial charge in [-0.05, 0) is 83.9 Å². The lowest BCUT2D eigenvalue weighted by atomic mass is 9.68. The minimum absolute atomic E-state index is 0.0641. The monoisotopic (exact) mass is 616 g/mol. The molecule has 2 bridgehead atoms. The van der Waals surface area contributed by atoms with Crippen molar-refractivity contribution in [1.29, 1.82) is 0 Å². The summed E-state index contributed by atoms with van der Waals surface area (Å²) in [6.07, 6.45) is 0.903. The van der Waals surface area contributed by atoms with Gasteiger partial charge in [0.1, 0.15) is 12.4 Å². The summed E-state index contributed by atoms with van der Waals surface area (Å²) in [4.78, 5) is 33.8. The molecule has 7 unspecified atom stereocenters. The summed E-state index contributed by atoms with van der Waals surface area (Å²) in [6.45, 7) is 0.497. The van der Waals surface area contributed by atoms with Crippen molar-refractivity contribution < 1.29 is 14.3 Å². The number of aromatic amines is 1. The maximum Gasteiger partial charge on any atom is 0.238 e.